The summed E-state index contributed by atoms with van der Waals surface area (Å²) >= 11 is 0. The molecule has 188 valence electrons. The van der Waals surface area contributed by atoms with E-state index in [1.165, 1.54) is 0 Å². The smallest absolute Gasteiger partial charge is 0.125 e. The van der Waals surface area contributed by atoms with E-state index in [1.807, 2.05) is 63.2 Å². The van der Waals surface area contributed by atoms with E-state index in [4.69, 9.17) is 26.7 Å². The summed E-state index contributed by atoms with van der Waals surface area (Å²) in [6, 6.07) is 24.9. The summed E-state index contributed by atoms with van der Waals surface area (Å²) in [5.74, 6) is 1.85. The summed E-state index contributed by atoms with van der Waals surface area (Å²) in [5.41, 5.74) is 21.4. The first-order valence-corrected chi connectivity index (χ1v) is 11.5. The largest absolute Gasteiger partial charge is 0.508 e. The lowest BCUT2D eigenvalue weighted by Gasteiger charge is -2.17. The van der Waals surface area contributed by atoms with E-state index in [0.717, 1.165) is 17.0 Å². The Kier molecular flexibility index (Phi) is 8.52. The lowest BCUT2D eigenvalue weighted by molar-refractivity contribution is 0.221. The number of hydrogen-bond donors (Lipinski definition) is 5. The Labute approximate surface area is 211 Å². The summed E-state index contributed by atoms with van der Waals surface area (Å²) in [5, 5.41) is 19.6. The van der Waals surface area contributed by atoms with Crippen molar-refractivity contribution in [3.63, 3.8) is 0 Å². The number of nitrogens with two attached hydrogens (primary N) is 3. The van der Waals surface area contributed by atoms with Crippen LogP contribution in [0.1, 0.15) is 42.7 Å². The van der Waals surface area contributed by atoms with E-state index >= 15 is 0 Å². The van der Waals surface area contributed by atoms with Gasteiger partial charge in [-0.3, -0.25) is 0 Å². The van der Waals surface area contributed by atoms with Crippen molar-refractivity contribution in [3.05, 3.63) is 102 Å². The molecule has 0 heterocycles. The second kappa shape index (κ2) is 11.8. The third kappa shape index (κ3) is 6.99. The summed E-state index contributed by atoms with van der Waals surface area (Å²) < 4.78 is 11.5. The van der Waals surface area contributed by atoms with E-state index in [1.54, 1.807) is 42.5 Å². The molecule has 2 atom stereocenters. The van der Waals surface area contributed by atoms with Gasteiger partial charge in [0.05, 0.1) is 0 Å². The number of phenolic OH excluding ortho intramolecular Hbond substituents is 2. The summed E-state index contributed by atoms with van der Waals surface area (Å²) in [4.78, 5) is 0. The van der Waals surface area contributed by atoms with Crippen LogP contribution in [0.3, 0.4) is 0 Å². The molecule has 4 aromatic rings. The van der Waals surface area contributed by atoms with Gasteiger partial charge in [-0.15, -0.1) is 0 Å². The van der Waals surface area contributed by atoms with Crippen molar-refractivity contribution >= 4 is 17.1 Å². The van der Waals surface area contributed by atoms with Crippen molar-refractivity contribution in [3.8, 4) is 23.0 Å². The van der Waals surface area contributed by atoms with Gasteiger partial charge in [0.15, 0.2) is 0 Å². The number of ether oxygens (including phenoxy) is 2. The first-order valence-electron chi connectivity index (χ1n) is 11.5. The molecule has 36 heavy (non-hydrogen) atoms. The summed E-state index contributed by atoms with van der Waals surface area (Å²) in [6.07, 6.45) is -0.549. The molecule has 0 bridgehead atoms. The number of aromatic hydroxyl groups is 2. The van der Waals surface area contributed by atoms with Gasteiger partial charge in [-0.05, 0) is 93.1 Å². The number of nitrogen functional groups attached to an aromatic ring is 3. The van der Waals surface area contributed by atoms with Crippen LogP contribution in [0.2, 0.25) is 0 Å². The maximum Gasteiger partial charge on any atom is 0.125 e. The van der Waals surface area contributed by atoms with E-state index in [9.17, 15) is 10.2 Å². The third-order valence-corrected chi connectivity index (χ3v) is 5.59. The van der Waals surface area contributed by atoms with Crippen LogP contribution in [0.15, 0.2) is 84.9 Å². The van der Waals surface area contributed by atoms with Gasteiger partial charge in [-0.1, -0.05) is 18.2 Å². The third-order valence-electron chi connectivity index (χ3n) is 5.59. The topological polar surface area (TPSA) is 137 Å². The van der Waals surface area contributed by atoms with Crippen LogP contribution >= 0.6 is 0 Å². The molecule has 0 amide bonds. The minimum Gasteiger partial charge on any atom is -0.508 e. The molecule has 0 spiro atoms. The highest BCUT2D eigenvalue weighted by atomic mass is 16.5. The van der Waals surface area contributed by atoms with Gasteiger partial charge in [0.25, 0.3) is 0 Å². The standard InChI is InChI=1S/C15H18N2O2.C14H15NO2/c1-9-7-12(4-5-14(9)17)19-10(2)13-8-11(16)3-6-15(13)18;1-10(17-12-5-3-2-4-6-12)13-9-11(15)7-8-14(13)16/h3-8,10,18H,16-17H2,1-2H3;2-10,16H,15H2,1H3. The molecule has 0 saturated carbocycles. The molecule has 7 heteroatoms. The number of benzene rings is 4. The zero-order valence-electron chi connectivity index (χ0n) is 20.7. The Bertz CT molecular complexity index is 1300. The van der Waals surface area contributed by atoms with Gasteiger partial charge in [0, 0.05) is 28.2 Å². The fourth-order valence-corrected chi connectivity index (χ4v) is 3.55. The second-order valence-electron chi connectivity index (χ2n) is 8.49. The average Bonchev–Trinajstić information content (AvgIpc) is 2.85. The first-order chi connectivity index (χ1) is 17.1. The number of aryl methyl sites for hydroxylation is 1. The van der Waals surface area contributed by atoms with Gasteiger partial charge < -0.3 is 36.9 Å². The second-order valence-corrected chi connectivity index (χ2v) is 8.49. The number of para-hydroxylation sites is 1. The van der Waals surface area contributed by atoms with Gasteiger partial charge >= 0.3 is 0 Å². The lowest BCUT2D eigenvalue weighted by atomic mass is 10.1. The van der Waals surface area contributed by atoms with Crippen molar-refractivity contribution in [1.82, 2.24) is 0 Å². The Morgan fingerprint density at radius 2 is 1.11 bits per heavy atom. The average molecular weight is 488 g/mol. The van der Waals surface area contributed by atoms with Gasteiger partial charge in [-0.25, -0.2) is 0 Å². The van der Waals surface area contributed by atoms with Gasteiger partial charge in [-0.2, -0.15) is 0 Å². The van der Waals surface area contributed by atoms with Crippen molar-refractivity contribution < 1.29 is 19.7 Å². The number of anilines is 3. The fraction of sp³-hybridized carbons (Fsp3) is 0.172. The molecule has 0 saturated heterocycles. The molecule has 4 aromatic carbocycles. The normalized spacial score (nSPS) is 12.1. The Hall–Kier alpha value is -4.52. The van der Waals surface area contributed by atoms with Crippen LogP contribution < -0.4 is 26.7 Å². The number of rotatable bonds is 6. The van der Waals surface area contributed by atoms with Crippen LogP contribution in [0.5, 0.6) is 23.0 Å². The predicted octanol–water partition coefficient (Wildman–Crippen LogP) is 6.12. The molecule has 0 aliphatic rings. The van der Waals surface area contributed by atoms with E-state index in [0.29, 0.717) is 28.3 Å². The molecular formula is C29H33N3O4. The molecule has 2 unspecified atom stereocenters. The fourth-order valence-electron chi connectivity index (χ4n) is 3.55. The maximum absolute atomic E-state index is 9.83. The zero-order chi connectivity index (χ0) is 26.2. The van der Waals surface area contributed by atoms with Crippen LogP contribution in [0, 0.1) is 6.92 Å². The highest BCUT2D eigenvalue weighted by Gasteiger charge is 2.13. The Morgan fingerprint density at radius 3 is 1.61 bits per heavy atom. The zero-order valence-corrected chi connectivity index (χ0v) is 20.7. The predicted molar refractivity (Wildman–Crippen MR) is 145 cm³/mol. The van der Waals surface area contributed by atoms with Crippen molar-refractivity contribution in [2.24, 2.45) is 0 Å². The van der Waals surface area contributed by atoms with E-state index in [2.05, 4.69) is 0 Å². The molecule has 0 aromatic heterocycles. The highest BCUT2D eigenvalue weighted by molar-refractivity contribution is 5.51. The highest BCUT2D eigenvalue weighted by Crippen LogP contribution is 2.31. The molecule has 0 radical (unpaired) electrons. The molecule has 0 fully saturated rings. The van der Waals surface area contributed by atoms with Crippen LogP contribution in [0.25, 0.3) is 0 Å². The minimum atomic E-state index is -0.300. The monoisotopic (exact) mass is 487 g/mol. The quantitative estimate of drug-likeness (QED) is 0.163. The molecule has 7 nitrogen and oxygen atoms in total. The van der Waals surface area contributed by atoms with E-state index in [-0.39, 0.29) is 23.7 Å². The Morgan fingerprint density at radius 1 is 0.611 bits per heavy atom. The maximum atomic E-state index is 9.83. The van der Waals surface area contributed by atoms with Crippen molar-refractivity contribution in [1.29, 1.82) is 0 Å². The first kappa shape index (κ1) is 26.1. The molecule has 4 rings (SSSR count). The summed E-state index contributed by atoms with van der Waals surface area (Å²) in [6.45, 7) is 5.66. The van der Waals surface area contributed by atoms with Crippen molar-refractivity contribution in [2.75, 3.05) is 17.2 Å². The number of hydrogen-bond acceptors (Lipinski definition) is 7. The molecular weight excluding hydrogens is 454 g/mol. The van der Waals surface area contributed by atoms with Gasteiger partial charge in [0.1, 0.15) is 35.2 Å². The van der Waals surface area contributed by atoms with Crippen LogP contribution in [0.4, 0.5) is 17.1 Å². The summed E-state index contributed by atoms with van der Waals surface area (Å²) in [7, 11) is 0. The van der Waals surface area contributed by atoms with Crippen molar-refractivity contribution in [2.45, 2.75) is 33.0 Å². The molecule has 8 N–H and O–H groups in total. The van der Waals surface area contributed by atoms with Crippen LogP contribution in [-0.4, -0.2) is 10.2 Å². The molecule has 0 aliphatic carbocycles. The van der Waals surface area contributed by atoms with E-state index < -0.39 is 0 Å². The van der Waals surface area contributed by atoms with Gasteiger partial charge in [0.2, 0.25) is 0 Å². The SMILES string of the molecule is CC(Oc1ccccc1)c1cc(N)ccc1O.Cc1cc(OC(C)c2cc(N)ccc2O)ccc1N. The van der Waals surface area contributed by atoms with Crippen LogP contribution in [-0.2, 0) is 0 Å². The number of phenols is 2. The minimum absolute atomic E-state index is 0.175. The molecule has 0 aliphatic heterocycles. The lowest BCUT2D eigenvalue weighted by Crippen LogP contribution is -2.04. The Balaban J connectivity index is 0.000000202.